The number of imidazole rings is 1. The first kappa shape index (κ1) is 13.7. The minimum absolute atomic E-state index is 0.219. The molecule has 0 saturated heterocycles. The van der Waals surface area contributed by atoms with Gasteiger partial charge in [0.15, 0.2) is 16.2 Å². The van der Waals surface area contributed by atoms with E-state index < -0.39 is 0 Å². The summed E-state index contributed by atoms with van der Waals surface area (Å²) in [5, 5.41) is 5.78. The number of H-pyrrole nitrogens is 1. The predicted molar refractivity (Wildman–Crippen MR) is 77.0 cm³/mol. The number of hydrogen-bond acceptors (Lipinski definition) is 5. The molecule has 102 valence electrons. The lowest BCUT2D eigenvalue weighted by Crippen LogP contribution is -2.13. The lowest BCUT2D eigenvalue weighted by atomic mass is 10.2. The maximum Gasteiger partial charge on any atom is 0.233 e. The fourth-order valence-corrected chi connectivity index (χ4v) is 1.88. The quantitative estimate of drug-likeness (QED) is 0.748. The van der Waals surface area contributed by atoms with Crippen molar-refractivity contribution in [3.8, 4) is 0 Å². The van der Waals surface area contributed by atoms with Crippen LogP contribution in [-0.2, 0) is 4.79 Å². The molecule has 0 saturated carbocycles. The molecule has 0 unspecified atom stereocenters. The summed E-state index contributed by atoms with van der Waals surface area (Å²) in [6.45, 7) is 6.38. The molecule has 2 aromatic rings. The summed E-state index contributed by atoms with van der Waals surface area (Å²) in [6.07, 6.45) is 0. The number of halogens is 1. The first-order valence-corrected chi connectivity index (χ1v) is 6.69. The van der Waals surface area contributed by atoms with Crippen LogP contribution in [0.5, 0.6) is 0 Å². The van der Waals surface area contributed by atoms with Gasteiger partial charge in [-0.15, -0.1) is 0 Å². The van der Waals surface area contributed by atoms with Crippen LogP contribution >= 0.6 is 15.9 Å². The van der Waals surface area contributed by atoms with Gasteiger partial charge in [0.25, 0.3) is 0 Å². The van der Waals surface area contributed by atoms with Gasteiger partial charge in [-0.2, -0.15) is 9.97 Å². The molecule has 2 aromatic heterocycles. The third-order valence-electron chi connectivity index (χ3n) is 2.29. The van der Waals surface area contributed by atoms with Crippen LogP contribution in [0.25, 0.3) is 11.2 Å². The molecule has 2 rings (SSSR count). The summed E-state index contributed by atoms with van der Waals surface area (Å²) in [7, 11) is 0. The van der Waals surface area contributed by atoms with Gasteiger partial charge in [-0.05, 0) is 21.8 Å². The summed E-state index contributed by atoms with van der Waals surface area (Å²) in [5.74, 6) is 1.12. The van der Waals surface area contributed by atoms with E-state index in [0.29, 0.717) is 27.6 Å². The Labute approximate surface area is 118 Å². The van der Waals surface area contributed by atoms with Crippen LogP contribution < -0.4 is 10.6 Å². The van der Waals surface area contributed by atoms with Gasteiger partial charge >= 0.3 is 0 Å². The van der Waals surface area contributed by atoms with E-state index in [4.69, 9.17) is 0 Å². The van der Waals surface area contributed by atoms with E-state index in [1.165, 1.54) is 6.92 Å². The van der Waals surface area contributed by atoms with E-state index in [9.17, 15) is 4.79 Å². The Morgan fingerprint density at radius 3 is 2.74 bits per heavy atom. The van der Waals surface area contributed by atoms with Crippen molar-refractivity contribution in [2.75, 3.05) is 17.2 Å². The number of anilines is 2. The van der Waals surface area contributed by atoms with E-state index in [2.05, 4.69) is 60.3 Å². The minimum Gasteiger partial charge on any atom is -0.368 e. The summed E-state index contributed by atoms with van der Waals surface area (Å²) in [5.41, 5.74) is 1.21. The van der Waals surface area contributed by atoms with Crippen LogP contribution in [0.4, 0.5) is 11.8 Å². The minimum atomic E-state index is -0.219. The highest BCUT2D eigenvalue weighted by molar-refractivity contribution is 9.10. The van der Waals surface area contributed by atoms with E-state index in [1.807, 2.05) is 0 Å². The molecule has 7 nitrogen and oxygen atoms in total. The zero-order valence-electron chi connectivity index (χ0n) is 10.9. The molecule has 0 aliphatic heterocycles. The first-order chi connectivity index (χ1) is 8.95. The van der Waals surface area contributed by atoms with E-state index in [-0.39, 0.29) is 11.9 Å². The molecule has 3 N–H and O–H groups in total. The number of nitrogens with one attached hydrogen (secondary N) is 3. The van der Waals surface area contributed by atoms with Crippen LogP contribution in [-0.4, -0.2) is 32.4 Å². The highest BCUT2D eigenvalue weighted by Crippen LogP contribution is 2.22. The first-order valence-electron chi connectivity index (χ1n) is 5.90. The second-order valence-corrected chi connectivity index (χ2v) is 5.33. The van der Waals surface area contributed by atoms with Gasteiger partial charge in [-0.25, -0.2) is 4.98 Å². The van der Waals surface area contributed by atoms with Gasteiger partial charge in [0.1, 0.15) is 5.52 Å². The SMILES string of the molecule is CC(=O)Nc1nc(NCC(C)C)c2[nH]c(Br)nc2n1. The van der Waals surface area contributed by atoms with Crippen molar-refractivity contribution >= 4 is 44.8 Å². The molecule has 8 heteroatoms. The molecule has 0 aromatic carbocycles. The molecular weight excluding hydrogens is 312 g/mol. The summed E-state index contributed by atoms with van der Waals surface area (Å²) < 4.78 is 0.573. The van der Waals surface area contributed by atoms with Gasteiger partial charge in [-0.1, -0.05) is 13.8 Å². The van der Waals surface area contributed by atoms with E-state index in [0.717, 1.165) is 6.54 Å². The van der Waals surface area contributed by atoms with Gasteiger partial charge < -0.3 is 10.3 Å². The monoisotopic (exact) mass is 326 g/mol. The fraction of sp³-hybridized carbons (Fsp3) is 0.455. The number of carbonyl (C=O) groups excluding carboxylic acids is 1. The molecule has 0 atom stereocenters. The fourth-order valence-electron chi connectivity index (χ4n) is 1.51. The maximum absolute atomic E-state index is 11.1. The predicted octanol–water partition coefficient (Wildman–Crippen LogP) is 2.14. The van der Waals surface area contributed by atoms with Crippen molar-refractivity contribution in [1.82, 2.24) is 19.9 Å². The van der Waals surface area contributed by atoms with Crippen LogP contribution in [0.3, 0.4) is 0 Å². The summed E-state index contributed by atoms with van der Waals surface area (Å²) in [6, 6.07) is 0. The second-order valence-electron chi connectivity index (χ2n) is 4.58. The number of hydrogen-bond donors (Lipinski definition) is 3. The van der Waals surface area contributed by atoms with Crippen molar-refractivity contribution in [2.24, 2.45) is 5.92 Å². The number of amides is 1. The molecule has 0 aliphatic rings. The average molecular weight is 327 g/mol. The van der Waals surface area contributed by atoms with E-state index >= 15 is 0 Å². The smallest absolute Gasteiger partial charge is 0.233 e. The number of carbonyl (C=O) groups is 1. The van der Waals surface area contributed by atoms with Crippen LogP contribution in [0.2, 0.25) is 0 Å². The Morgan fingerprint density at radius 1 is 1.37 bits per heavy atom. The Hall–Kier alpha value is -1.70. The topological polar surface area (TPSA) is 95.6 Å². The normalized spacial score (nSPS) is 11.0. The Morgan fingerprint density at radius 2 is 2.11 bits per heavy atom. The molecule has 0 aliphatic carbocycles. The molecule has 19 heavy (non-hydrogen) atoms. The van der Waals surface area contributed by atoms with Gasteiger partial charge in [-0.3, -0.25) is 10.1 Å². The van der Waals surface area contributed by atoms with Gasteiger partial charge in [0, 0.05) is 13.5 Å². The summed E-state index contributed by atoms with van der Waals surface area (Å²) in [4.78, 5) is 26.8. The molecular formula is C11H15BrN6O. The average Bonchev–Trinajstić information content (AvgIpc) is 2.65. The van der Waals surface area contributed by atoms with Gasteiger partial charge in [0.05, 0.1) is 0 Å². The lowest BCUT2D eigenvalue weighted by Gasteiger charge is -2.10. The standard InChI is InChI=1S/C11H15BrN6O/c1-5(2)4-13-8-7-9(16-10(12)15-7)18-11(17-8)14-6(3)19/h5H,4H2,1-3H3,(H3,13,14,15,16,17,18,19). The van der Waals surface area contributed by atoms with Crippen LogP contribution in [0.15, 0.2) is 4.73 Å². The molecule has 0 spiro atoms. The summed E-state index contributed by atoms with van der Waals surface area (Å²) >= 11 is 3.26. The van der Waals surface area contributed by atoms with Crippen molar-refractivity contribution in [3.63, 3.8) is 0 Å². The Kier molecular flexibility index (Phi) is 3.98. The van der Waals surface area contributed by atoms with Gasteiger partial charge in [0.2, 0.25) is 11.9 Å². The lowest BCUT2D eigenvalue weighted by molar-refractivity contribution is -0.114. The van der Waals surface area contributed by atoms with Crippen molar-refractivity contribution in [1.29, 1.82) is 0 Å². The number of rotatable bonds is 4. The Bertz CT molecular complexity index is 608. The maximum atomic E-state index is 11.1. The number of fused-ring (bicyclic) bond motifs is 1. The van der Waals surface area contributed by atoms with E-state index in [1.54, 1.807) is 0 Å². The molecule has 0 bridgehead atoms. The Balaban J connectivity index is 2.41. The van der Waals surface area contributed by atoms with Crippen molar-refractivity contribution < 1.29 is 4.79 Å². The number of aromatic nitrogens is 4. The van der Waals surface area contributed by atoms with Crippen molar-refractivity contribution in [2.45, 2.75) is 20.8 Å². The zero-order valence-corrected chi connectivity index (χ0v) is 12.5. The van der Waals surface area contributed by atoms with Crippen molar-refractivity contribution in [3.05, 3.63) is 4.73 Å². The van der Waals surface area contributed by atoms with Crippen LogP contribution in [0.1, 0.15) is 20.8 Å². The molecule has 0 fully saturated rings. The largest absolute Gasteiger partial charge is 0.368 e. The third kappa shape index (κ3) is 3.40. The second kappa shape index (κ2) is 5.52. The number of nitrogens with zero attached hydrogens (tertiary/aromatic N) is 3. The van der Waals surface area contributed by atoms with Crippen LogP contribution in [0, 0.1) is 5.92 Å². The highest BCUT2D eigenvalue weighted by atomic mass is 79.9. The molecule has 0 radical (unpaired) electrons. The number of aromatic amines is 1. The zero-order chi connectivity index (χ0) is 14.0. The molecule has 2 heterocycles. The third-order valence-corrected chi connectivity index (χ3v) is 2.66. The highest BCUT2D eigenvalue weighted by Gasteiger charge is 2.12. The molecule has 1 amide bonds.